The minimum Gasteiger partial charge on any atom is -0.360 e. The lowest BCUT2D eigenvalue weighted by molar-refractivity contribution is 0.762. The molecule has 0 aliphatic carbocycles. The second kappa shape index (κ2) is 3.56. The van der Waals surface area contributed by atoms with E-state index < -0.39 is 0 Å². The molecule has 1 aliphatic heterocycles. The van der Waals surface area contributed by atoms with Crippen LogP contribution in [0.4, 0.5) is 5.69 Å². The number of hydrogen-bond donors (Lipinski definition) is 0. The van der Waals surface area contributed by atoms with Gasteiger partial charge in [0.05, 0.1) is 7.97 Å². The van der Waals surface area contributed by atoms with Crippen LogP contribution in [-0.4, -0.2) is 11.1 Å². The molecule has 0 saturated carbocycles. The number of hydrogen-bond acceptors (Lipinski definition) is 1. The minimum atomic E-state index is 0.291. The zero-order valence-electron chi connectivity index (χ0n) is 7.43. The van der Waals surface area contributed by atoms with Gasteiger partial charge in [0.25, 0.3) is 0 Å². The van der Waals surface area contributed by atoms with E-state index in [1.165, 1.54) is 11.3 Å². The van der Waals surface area contributed by atoms with E-state index in [-0.39, 0.29) is 0 Å². The average Bonchev–Trinajstić information content (AvgIpc) is 2.39. The Morgan fingerprint density at radius 2 is 2.15 bits per heavy atom. The van der Waals surface area contributed by atoms with Crippen molar-refractivity contribution in [3.8, 4) is 0 Å². The lowest BCUT2D eigenvalue weighted by Gasteiger charge is -2.18. The molecule has 1 nitrogen and oxygen atoms in total. The molecule has 0 N–H and O–H groups in total. The van der Waals surface area contributed by atoms with Gasteiger partial charge >= 0.3 is 0 Å². The maximum Gasteiger partial charge on any atom is 0.0700 e. The summed E-state index contributed by atoms with van der Waals surface area (Å²) < 4.78 is 1.37. The summed E-state index contributed by atoms with van der Waals surface area (Å²) in [5.74, 6) is 0. The lowest BCUT2D eigenvalue weighted by atomic mass is 10.0. The highest BCUT2D eigenvalue weighted by molar-refractivity contribution is 14.1. The lowest BCUT2D eigenvalue weighted by Crippen LogP contribution is -2.24. The highest BCUT2D eigenvalue weighted by Crippen LogP contribution is 2.44. The number of nitrogens with zero attached hydrogens (tertiary/aromatic N) is 1. The van der Waals surface area contributed by atoms with Crippen LogP contribution in [0.25, 0.3) is 0 Å². The minimum absolute atomic E-state index is 0.291. The number of para-hydroxylation sites is 1. The normalized spacial score (nSPS) is 26.2. The Hall–Kier alpha value is 0.480. The zero-order chi connectivity index (χ0) is 9.47. The highest BCUT2D eigenvalue weighted by atomic mass is 127. The molecule has 1 heterocycles. The van der Waals surface area contributed by atoms with E-state index in [0.717, 1.165) is 11.1 Å². The van der Waals surface area contributed by atoms with Gasteiger partial charge in [0, 0.05) is 12.2 Å². The number of alkyl halides is 2. The van der Waals surface area contributed by atoms with Crippen molar-refractivity contribution in [3.05, 3.63) is 29.8 Å². The van der Waals surface area contributed by atoms with E-state index in [2.05, 4.69) is 81.3 Å². The van der Waals surface area contributed by atoms with Crippen LogP contribution in [0.2, 0.25) is 0 Å². The summed E-state index contributed by atoms with van der Waals surface area (Å²) in [4.78, 5) is 2.43. The maximum absolute atomic E-state index is 2.55. The number of benzene rings is 1. The van der Waals surface area contributed by atoms with Crippen molar-refractivity contribution in [2.75, 3.05) is 16.0 Å². The summed E-state index contributed by atoms with van der Waals surface area (Å²) in [7, 11) is 0. The third-order valence-corrected chi connectivity index (χ3v) is 4.18. The standard InChI is InChI=1S/C10H11I2N/c1-10(12)6-13(7-11)9-5-3-2-4-8(9)10/h2-5H,6-7H2,1H3. The molecule has 3 heteroatoms. The van der Waals surface area contributed by atoms with Gasteiger partial charge in [-0.2, -0.15) is 0 Å². The third kappa shape index (κ3) is 1.69. The molecule has 1 aromatic rings. The maximum atomic E-state index is 2.55. The van der Waals surface area contributed by atoms with Gasteiger partial charge < -0.3 is 4.90 Å². The van der Waals surface area contributed by atoms with Crippen molar-refractivity contribution in [1.82, 2.24) is 0 Å². The Morgan fingerprint density at radius 1 is 1.46 bits per heavy atom. The van der Waals surface area contributed by atoms with Gasteiger partial charge in [-0.05, 0) is 18.6 Å². The van der Waals surface area contributed by atoms with E-state index in [9.17, 15) is 0 Å². The van der Waals surface area contributed by atoms with Crippen LogP contribution < -0.4 is 4.90 Å². The Balaban J connectivity index is 2.51. The Labute approximate surface area is 106 Å². The first kappa shape index (κ1) is 10.0. The number of halogens is 2. The molecular formula is C10H11I2N. The van der Waals surface area contributed by atoms with E-state index in [4.69, 9.17) is 0 Å². The first-order valence-corrected chi connectivity index (χ1v) is 6.85. The summed E-state index contributed by atoms with van der Waals surface area (Å²) in [5.41, 5.74) is 2.89. The fourth-order valence-corrected chi connectivity index (χ4v) is 3.30. The van der Waals surface area contributed by atoms with Gasteiger partial charge in [-0.3, -0.25) is 0 Å². The van der Waals surface area contributed by atoms with Crippen LogP contribution in [0.15, 0.2) is 24.3 Å². The van der Waals surface area contributed by atoms with Gasteiger partial charge in [-0.1, -0.05) is 63.4 Å². The third-order valence-electron chi connectivity index (χ3n) is 2.44. The second-order valence-electron chi connectivity index (χ2n) is 3.53. The topological polar surface area (TPSA) is 3.24 Å². The summed E-state index contributed by atoms with van der Waals surface area (Å²) in [6.45, 7) is 3.44. The molecule has 0 bridgehead atoms. The highest BCUT2D eigenvalue weighted by Gasteiger charge is 2.35. The summed E-state index contributed by atoms with van der Waals surface area (Å²) in [6, 6.07) is 8.72. The van der Waals surface area contributed by atoms with E-state index in [1.54, 1.807) is 0 Å². The predicted octanol–water partition coefficient (Wildman–Crippen LogP) is 3.55. The predicted molar refractivity (Wildman–Crippen MR) is 74.0 cm³/mol. The SMILES string of the molecule is CC1(I)CN(CI)c2ccccc21. The van der Waals surface area contributed by atoms with Crippen molar-refractivity contribution in [2.45, 2.75) is 10.3 Å². The smallest absolute Gasteiger partial charge is 0.0700 e. The molecule has 1 atom stereocenters. The van der Waals surface area contributed by atoms with Gasteiger partial charge in [0.2, 0.25) is 0 Å². The molecule has 70 valence electrons. The van der Waals surface area contributed by atoms with Crippen LogP contribution in [0.5, 0.6) is 0 Å². The van der Waals surface area contributed by atoms with Crippen molar-refractivity contribution in [2.24, 2.45) is 0 Å². The monoisotopic (exact) mass is 399 g/mol. The molecule has 0 amide bonds. The molecule has 13 heavy (non-hydrogen) atoms. The summed E-state index contributed by atoms with van der Waals surface area (Å²) in [6.07, 6.45) is 0. The molecule has 0 radical (unpaired) electrons. The molecule has 0 spiro atoms. The molecule has 0 saturated heterocycles. The van der Waals surface area contributed by atoms with E-state index in [1.807, 2.05) is 0 Å². The zero-order valence-corrected chi connectivity index (χ0v) is 11.7. The van der Waals surface area contributed by atoms with Crippen LogP contribution in [0.3, 0.4) is 0 Å². The van der Waals surface area contributed by atoms with Gasteiger partial charge in [0.1, 0.15) is 0 Å². The fraction of sp³-hybridized carbons (Fsp3) is 0.400. The number of anilines is 1. The molecule has 1 unspecified atom stereocenters. The average molecular weight is 399 g/mol. The molecule has 1 aliphatic rings. The molecule has 0 fully saturated rings. The number of rotatable bonds is 1. The van der Waals surface area contributed by atoms with Crippen LogP contribution in [0.1, 0.15) is 12.5 Å². The summed E-state index contributed by atoms with van der Waals surface area (Å²) in [5, 5.41) is 0. The Kier molecular flexibility index (Phi) is 2.75. The van der Waals surface area contributed by atoms with Crippen LogP contribution in [-0.2, 0) is 3.42 Å². The van der Waals surface area contributed by atoms with E-state index in [0.29, 0.717) is 3.42 Å². The molecule has 0 aromatic heterocycles. The van der Waals surface area contributed by atoms with E-state index >= 15 is 0 Å². The van der Waals surface area contributed by atoms with Crippen molar-refractivity contribution in [1.29, 1.82) is 0 Å². The largest absolute Gasteiger partial charge is 0.360 e. The number of fused-ring (bicyclic) bond motifs is 1. The quantitative estimate of drug-likeness (QED) is 0.397. The van der Waals surface area contributed by atoms with Crippen molar-refractivity contribution >= 4 is 50.9 Å². The fourth-order valence-electron chi connectivity index (χ4n) is 1.83. The Bertz CT molecular complexity index is 322. The molecular weight excluding hydrogens is 388 g/mol. The van der Waals surface area contributed by atoms with Gasteiger partial charge in [-0.25, -0.2) is 0 Å². The molecule has 2 rings (SSSR count). The Morgan fingerprint density at radius 3 is 2.85 bits per heavy atom. The van der Waals surface area contributed by atoms with Crippen molar-refractivity contribution < 1.29 is 0 Å². The first-order chi connectivity index (χ1) is 6.15. The molecule has 1 aromatic carbocycles. The van der Waals surface area contributed by atoms with Crippen LogP contribution >= 0.6 is 45.2 Å². The summed E-state index contributed by atoms with van der Waals surface area (Å²) >= 11 is 4.98. The van der Waals surface area contributed by atoms with Crippen molar-refractivity contribution in [3.63, 3.8) is 0 Å². The van der Waals surface area contributed by atoms with Gasteiger partial charge in [-0.15, -0.1) is 0 Å². The van der Waals surface area contributed by atoms with Gasteiger partial charge in [0.15, 0.2) is 0 Å². The van der Waals surface area contributed by atoms with Crippen LogP contribution in [0, 0.1) is 0 Å². The first-order valence-electron chi connectivity index (χ1n) is 4.24. The second-order valence-corrected chi connectivity index (χ2v) is 6.60.